The van der Waals surface area contributed by atoms with Crippen molar-refractivity contribution in [3.05, 3.63) is 73.7 Å². The van der Waals surface area contributed by atoms with Crippen LogP contribution in [-0.4, -0.2) is 34.1 Å². The monoisotopic (exact) mass is 405 g/mol. The molecule has 2 heterocycles. The highest BCUT2D eigenvalue weighted by molar-refractivity contribution is 7.94. The van der Waals surface area contributed by atoms with E-state index in [1.807, 2.05) is 43.1 Å². The number of anilines is 2. The topological polar surface area (TPSA) is 66.9 Å². The number of hydrogen-bond donors (Lipinski definition) is 1. The summed E-state index contributed by atoms with van der Waals surface area (Å²) in [4.78, 5) is 18.5. The van der Waals surface area contributed by atoms with Gasteiger partial charge in [0.1, 0.15) is 5.82 Å². The third-order valence-electron chi connectivity index (χ3n) is 4.10. The molecule has 148 valence electrons. The van der Waals surface area contributed by atoms with Gasteiger partial charge in [0.05, 0.1) is 36.5 Å². The summed E-state index contributed by atoms with van der Waals surface area (Å²) < 4.78 is 5.05. The molecule has 0 bridgehead atoms. The molecule has 2 aromatic heterocycles. The highest BCUT2D eigenvalue weighted by Gasteiger charge is 2.13. The number of rotatable bonds is 5. The van der Waals surface area contributed by atoms with Crippen LogP contribution in [0.3, 0.4) is 0 Å². The number of benzene rings is 2. The maximum Gasteiger partial charge on any atom is 0.217 e. The number of aromatic amines is 1. The second-order valence-corrected chi connectivity index (χ2v) is 6.94. The van der Waals surface area contributed by atoms with Gasteiger partial charge in [-0.05, 0) is 30.7 Å². The SMILES string of the molecule is C=CC.COSc1nccc(N(C)c2cc(-c3ccccc3)c3nc[nH]c3c2)n1. The van der Waals surface area contributed by atoms with Crippen molar-refractivity contribution >= 4 is 34.6 Å². The number of fused-ring (bicyclic) bond motifs is 1. The summed E-state index contributed by atoms with van der Waals surface area (Å²) in [6.07, 6.45) is 5.20. The van der Waals surface area contributed by atoms with Crippen LogP contribution in [0.2, 0.25) is 0 Å². The van der Waals surface area contributed by atoms with Crippen molar-refractivity contribution in [1.82, 2.24) is 19.9 Å². The van der Waals surface area contributed by atoms with Crippen LogP contribution >= 0.6 is 12.0 Å². The smallest absolute Gasteiger partial charge is 0.217 e. The Labute approximate surface area is 174 Å². The first-order valence-electron chi connectivity index (χ1n) is 9.05. The van der Waals surface area contributed by atoms with E-state index in [1.165, 1.54) is 0 Å². The Balaban J connectivity index is 0.000000755. The Morgan fingerprint density at radius 2 is 1.90 bits per heavy atom. The standard InChI is InChI=1S/C19H17N5OS.C3H6/c1-24(17-8-9-20-19(23-17)26-25-2)14-10-15(13-6-4-3-5-7-13)18-16(11-14)21-12-22-18;1-3-2/h3-12H,1-2H3,(H,21,22);3H,1H2,2H3. The minimum atomic E-state index is 0.572. The fourth-order valence-electron chi connectivity index (χ4n) is 2.83. The summed E-state index contributed by atoms with van der Waals surface area (Å²) in [6.45, 7) is 5.25. The Kier molecular flexibility index (Phi) is 6.99. The van der Waals surface area contributed by atoms with Gasteiger partial charge in [-0.2, -0.15) is 0 Å². The summed E-state index contributed by atoms with van der Waals surface area (Å²) in [5.41, 5.74) is 5.14. The summed E-state index contributed by atoms with van der Waals surface area (Å²) >= 11 is 1.14. The predicted molar refractivity (Wildman–Crippen MR) is 120 cm³/mol. The van der Waals surface area contributed by atoms with E-state index in [-0.39, 0.29) is 0 Å². The first-order chi connectivity index (χ1) is 14.2. The van der Waals surface area contributed by atoms with Crippen LogP contribution in [0, 0.1) is 0 Å². The molecule has 0 saturated carbocycles. The van der Waals surface area contributed by atoms with Crippen LogP contribution in [0.5, 0.6) is 0 Å². The molecule has 7 heteroatoms. The van der Waals surface area contributed by atoms with Gasteiger partial charge in [-0.25, -0.2) is 15.0 Å². The molecule has 0 amide bonds. The van der Waals surface area contributed by atoms with E-state index in [4.69, 9.17) is 4.18 Å². The molecule has 29 heavy (non-hydrogen) atoms. The Morgan fingerprint density at radius 3 is 2.62 bits per heavy atom. The van der Waals surface area contributed by atoms with Crippen molar-refractivity contribution in [2.24, 2.45) is 0 Å². The zero-order chi connectivity index (χ0) is 20.6. The molecular weight excluding hydrogens is 382 g/mol. The third-order valence-corrected chi connectivity index (χ3v) is 4.61. The van der Waals surface area contributed by atoms with Crippen molar-refractivity contribution in [2.45, 2.75) is 12.1 Å². The van der Waals surface area contributed by atoms with Crippen molar-refractivity contribution in [1.29, 1.82) is 0 Å². The van der Waals surface area contributed by atoms with E-state index in [1.54, 1.807) is 25.7 Å². The Bertz CT molecular complexity index is 1080. The van der Waals surface area contributed by atoms with Gasteiger partial charge in [-0.15, -0.1) is 6.58 Å². The highest BCUT2D eigenvalue weighted by Crippen LogP contribution is 2.33. The van der Waals surface area contributed by atoms with Crippen LogP contribution in [-0.2, 0) is 4.18 Å². The van der Waals surface area contributed by atoms with Crippen LogP contribution < -0.4 is 4.90 Å². The maximum absolute atomic E-state index is 5.05. The molecule has 0 saturated heterocycles. The molecule has 1 N–H and O–H groups in total. The van der Waals surface area contributed by atoms with E-state index < -0.39 is 0 Å². The number of nitrogens with zero attached hydrogens (tertiary/aromatic N) is 4. The molecule has 0 unspecified atom stereocenters. The van der Waals surface area contributed by atoms with Gasteiger partial charge >= 0.3 is 0 Å². The number of H-pyrrole nitrogens is 1. The van der Waals surface area contributed by atoms with Crippen molar-refractivity contribution in [3.63, 3.8) is 0 Å². The van der Waals surface area contributed by atoms with Crippen LogP contribution in [0.1, 0.15) is 6.92 Å². The van der Waals surface area contributed by atoms with Gasteiger partial charge in [0.2, 0.25) is 5.16 Å². The summed E-state index contributed by atoms with van der Waals surface area (Å²) in [7, 11) is 3.58. The first-order valence-corrected chi connectivity index (χ1v) is 9.79. The molecule has 0 radical (unpaired) electrons. The summed E-state index contributed by atoms with van der Waals surface area (Å²) in [5, 5.41) is 0.572. The predicted octanol–water partition coefficient (Wildman–Crippen LogP) is 5.63. The molecule has 0 spiro atoms. The van der Waals surface area contributed by atoms with Gasteiger partial charge in [-0.3, -0.25) is 0 Å². The van der Waals surface area contributed by atoms with Gasteiger partial charge in [0.25, 0.3) is 0 Å². The molecule has 0 atom stereocenters. The molecule has 2 aromatic carbocycles. The van der Waals surface area contributed by atoms with Gasteiger partial charge in [-0.1, -0.05) is 36.4 Å². The lowest BCUT2D eigenvalue weighted by Crippen LogP contribution is -2.12. The second-order valence-electron chi connectivity index (χ2n) is 6.07. The van der Waals surface area contributed by atoms with E-state index in [2.05, 4.69) is 50.8 Å². The second kappa shape index (κ2) is 9.86. The number of imidazole rings is 1. The number of aromatic nitrogens is 4. The average Bonchev–Trinajstić information content (AvgIpc) is 3.23. The average molecular weight is 406 g/mol. The van der Waals surface area contributed by atoms with E-state index in [9.17, 15) is 0 Å². The maximum atomic E-state index is 5.05. The van der Waals surface area contributed by atoms with E-state index in [0.717, 1.165) is 45.7 Å². The fourth-order valence-corrected chi connectivity index (χ4v) is 3.22. The lowest BCUT2D eigenvalue weighted by atomic mass is 10.0. The van der Waals surface area contributed by atoms with E-state index in [0.29, 0.717) is 5.16 Å². The molecule has 0 fully saturated rings. The number of hydrogen-bond acceptors (Lipinski definition) is 6. The lowest BCUT2D eigenvalue weighted by Gasteiger charge is -2.20. The zero-order valence-electron chi connectivity index (χ0n) is 16.7. The Morgan fingerprint density at radius 1 is 1.14 bits per heavy atom. The van der Waals surface area contributed by atoms with Gasteiger partial charge in [0.15, 0.2) is 0 Å². The minimum Gasteiger partial charge on any atom is -0.345 e. The van der Waals surface area contributed by atoms with Crippen molar-refractivity contribution in [3.8, 4) is 11.1 Å². The molecule has 0 aliphatic heterocycles. The zero-order valence-corrected chi connectivity index (χ0v) is 17.5. The van der Waals surface area contributed by atoms with Crippen LogP contribution in [0.15, 0.2) is 78.9 Å². The van der Waals surface area contributed by atoms with E-state index >= 15 is 0 Å². The fraction of sp³-hybridized carbons (Fsp3) is 0.136. The minimum absolute atomic E-state index is 0.572. The highest BCUT2D eigenvalue weighted by atomic mass is 32.2. The molecule has 4 aromatic rings. The van der Waals surface area contributed by atoms with Crippen LogP contribution in [0.25, 0.3) is 22.2 Å². The quantitative estimate of drug-likeness (QED) is 0.263. The molecule has 6 nitrogen and oxygen atoms in total. The van der Waals surface area contributed by atoms with Crippen LogP contribution in [0.4, 0.5) is 11.5 Å². The normalized spacial score (nSPS) is 10.3. The number of allylic oxidation sites excluding steroid dienone is 1. The van der Waals surface area contributed by atoms with Crippen molar-refractivity contribution in [2.75, 3.05) is 19.1 Å². The summed E-state index contributed by atoms with van der Waals surface area (Å²) in [5.74, 6) is 0.789. The molecule has 4 rings (SSSR count). The molecule has 0 aliphatic rings. The first kappa shape index (κ1) is 20.6. The molecule has 0 aliphatic carbocycles. The largest absolute Gasteiger partial charge is 0.345 e. The Hall–Kier alpha value is -3.16. The van der Waals surface area contributed by atoms with Crippen molar-refractivity contribution < 1.29 is 4.18 Å². The van der Waals surface area contributed by atoms with Gasteiger partial charge < -0.3 is 14.1 Å². The molecular formula is C22H23N5OS. The lowest BCUT2D eigenvalue weighted by molar-refractivity contribution is 0.486. The third kappa shape index (κ3) is 4.82. The number of nitrogens with one attached hydrogen (secondary N) is 1. The summed E-state index contributed by atoms with van der Waals surface area (Å²) in [6, 6.07) is 16.3. The van der Waals surface area contributed by atoms with Gasteiger partial charge in [0, 0.05) is 24.5 Å².